The van der Waals surface area contributed by atoms with E-state index in [9.17, 15) is 0 Å². The van der Waals surface area contributed by atoms with Crippen molar-refractivity contribution in [2.24, 2.45) is 0 Å². The van der Waals surface area contributed by atoms with Gasteiger partial charge in [0.1, 0.15) is 17.4 Å². The number of thiazole rings is 1. The molecule has 0 N–H and O–H groups in total. The fourth-order valence-corrected chi connectivity index (χ4v) is 3.13. The molecule has 3 rings (SSSR count). The van der Waals surface area contributed by atoms with E-state index in [2.05, 4.69) is 30.1 Å². The lowest BCUT2D eigenvalue weighted by Crippen LogP contribution is -2.06. The van der Waals surface area contributed by atoms with Gasteiger partial charge in [-0.3, -0.25) is 0 Å². The van der Waals surface area contributed by atoms with E-state index >= 15 is 0 Å². The van der Waals surface area contributed by atoms with Gasteiger partial charge in [0.25, 0.3) is 0 Å². The standard InChI is InChI=1S/C18H19NO2S/c1-2-11-20-12-13-21-15-9-7-14(8-10-15)18-19-16-5-3-4-6-17(16)22-18/h3-10H,2,11-13H2,1H3. The van der Waals surface area contributed by atoms with Crippen molar-refractivity contribution < 1.29 is 9.47 Å². The molecule has 0 saturated heterocycles. The molecule has 2 aromatic carbocycles. The quantitative estimate of drug-likeness (QED) is 0.589. The fraction of sp³-hybridized carbons (Fsp3) is 0.278. The largest absolute Gasteiger partial charge is 0.491 e. The molecule has 1 heterocycles. The first kappa shape index (κ1) is 15.0. The summed E-state index contributed by atoms with van der Waals surface area (Å²) in [4.78, 5) is 4.67. The summed E-state index contributed by atoms with van der Waals surface area (Å²) in [6, 6.07) is 16.3. The van der Waals surface area contributed by atoms with Gasteiger partial charge >= 0.3 is 0 Å². The van der Waals surface area contributed by atoms with E-state index in [-0.39, 0.29) is 0 Å². The highest BCUT2D eigenvalue weighted by molar-refractivity contribution is 7.21. The van der Waals surface area contributed by atoms with E-state index in [0.29, 0.717) is 13.2 Å². The van der Waals surface area contributed by atoms with Crippen molar-refractivity contribution in [3.8, 4) is 16.3 Å². The summed E-state index contributed by atoms with van der Waals surface area (Å²) in [6.07, 6.45) is 1.04. The zero-order valence-corrected chi connectivity index (χ0v) is 13.4. The molecule has 1 aromatic heterocycles. The SMILES string of the molecule is CCCOCCOc1ccc(-c2nc3ccccc3s2)cc1. The van der Waals surface area contributed by atoms with Crippen LogP contribution in [0.15, 0.2) is 48.5 Å². The number of hydrogen-bond acceptors (Lipinski definition) is 4. The molecule has 0 atom stereocenters. The van der Waals surface area contributed by atoms with Gasteiger partial charge in [-0.05, 0) is 42.8 Å². The molecular formula is C18H19NO2S. The fourth-order valence-electron chi connectivity index (χ4n) is 2.15. The zero-order chi connectivity index (χ0) is 15.2. The molecule has 114 valence electrons. The van der Waals surface area contributed by atoms with Gasteiger partial charge < -0.3 is 9.47 Å². The second kappa shape index (κ2) is 7.38. The average Bonchev–Trinajstić information content (AvgIpc) is 2.99. The number of nitrogens with zero attached hydrogens (tertiary/aromatic N) is 1. The number of benzene rings is 2. The zero-order valence-electron chi connectivity index (χ0n) is 12.6. The summed E-state index contributed by atoms with van der Waals surface area (Å²) in [5.41, 5.74) is 2.17. The summed E-state index contributed by atoms with van der Waals surface area (Å²) >= 11 is 1.71. The van der Waals surface area contributed by atoms with Crippen molar-refractivity contribution in [1.29, 1.82) is 0 Å². The van der Waals surface area contributed by atoms with E-state index in [1.807, 2.05) is 30.3 Å². The van der Waals surface area contributed by atoms with Crippen LogP contribution in [-0.4, -0.2) is 24.8 Å². The minimum absolute atomic E-state index is 0.584. The monoisotopic (exact) mass is 313 g/mol. The summed E-state index contributed by atoms with van der Waals surface area (Å²) in [6.45, 7) is 4.11. The molecule has 4 heteroatoms. The highest BCUT2D eigenvalue weighted by Crippen LogP contribution is 2.30. The predicted molar refractivity (Wildman–Crippen MR) is 91.7 cm³/mol. The number of para-hydroxylation sites is 1. The third-order valence-corrected chi connectivity index (χ3v) is 4.33. The lowest BCUT2D eigenvalue weighted by molar-refractivity contribution is 0.101. The molecule has 3 aromatic rings. The van der Waals surface area contributed by atoms with Gasteiger partial charge in [-0.2, -0.15) is 0 Å². The van der Waals surface area contributed by atoms with E-state index in [1.54, 1.807) is 11.3 Å². The van der Waals surface area contributed by atoms with Crippen LogP contribution in [0.2, 0.25) is 0 Å². The van der Waals surface area contributed by atoms with E-state index < -0.39 is 0 Å². The van der Waals surface area contributed by atoms with Gasteiger partial charge in [-0.15, -0.1) is 11.3 Å². The smallest absolute Gasteiger partial charge is 0.124 e. The van der Waals surface area contributed by atoms with Gasteiger partial charge in [0, 0.05) is 12.2 Å². The van der Waals surface area contributed by atoms with Crippen molar-refractivity contribution in [2.75, 3.05) is 19.8 Å². The van der Waals surface area contributed by atoms with Crippen molar-refractivity contribution in [1.82, 2.24) is 4.98 Å². The van der Waals surface area contributed by atoms with E-state index in [4.69, 9.17) is 9.47 Å². The first-order valence-electron chi connectivity index (χ1n) is 7.53. The van der Waals surface area contributed by atoms with E-state index in [1.165, 1.54) is 4.70 Å². The molecule has 0 unspecified atom stereocenters. The molecule has 3 nitrogen and oxygen atoms in total. The van der Waals surface area contributed by atoms with Gasteiger partial charge in [0.15, 0.2) is 0 Å². The third kappa shape index (κ3) is 3.64. The second-order valence-corrected chi connectivity index (χ2v) is 6.00. The third-order valence-electron chi connectivity index (χ3n) is 3.24. The Hall–Kier alpha value is -1.91. The molecular weight excluding hydrogens is 294 g/mol. The molecule has 0 amide bonds. The Labute approximate surface area is 134 Å². The van der Waals surface area contributed by atoms with Gasteiger partial charge in [-0.1, -0.05) is 19.1 Å². The molecule has 0 aliphatic carbocycles. The number of fused-ring (bicyclic) bond motifs is 1. The van der Waals surface area contributed by atoms with Crippen molar-refractivity contribution in [2.45, 2.75) is 13.3 Å². The molecule has 0 bridgehead atoms. The topological polar surface area (TPSA) is 31.4 Å². The molecule has 0 aliphatic rings. The average molecular weight is 313 g/mol. The maximum absolute atomic E-state index is 5.66. The lowest BCUT2D eigenvalue weighted by Gasteiger charge is -2.07. The van der Waals surface area contributed by atoms with E-state index in [0.717, 1.165) is 34.9 Å². The Morgan fingerprint density at radius 2 is 1.77 bits per heavy atom. The Morgan fingerprint density at radius 1 is 0.955 bits per heavy atom. The summed E-state index contributed by atoms with van der Waals surface area (Å²) in [5, 5.41) is 1.04. The summed E-state index contributed by atoms with van der Waals surface area (Å²) < 4.78 is 12.3. The number of rotatable bonds is 7. The molecule has 0 spiro atoms. The Morgan fingerprint density at radius 3 is 2.55 bits per heavy atom. The maximum atomic E-state index is 5.66. The van der Waals surface area contributed by atoms with Gasteiger partial charge in [0.05, 0.1) is 16.8 Å². The van der Waals surface area contributed by atoms with Crippen LogP contribution in [0.3, 0.4) is 0 Å². The molecule has 22 heavy (non-hydrogen) atoms. The van der Waals surface area contributed by atoms with Crippen molar-refractivity contribution in [3.63, 3.8) is 0 Å². The maximum Gasteiger partial charge on any atom is 0.124 e. The highest BCUT2D eigenvalue weighted by Gasteiger charge is 2.05. The van der Waals surface area contributed by atoms with Crippen LogP contribution in [-0.2, 0) is 4.74 Å². The van der Waals surface area contributed by atoms with Crippen LogP contribution in [0.1, 0.15) is 13.3 Å². The Bertz CT molecular complexity index is 688. The van der Waals surface area contributed by atoms with Crippen molar-refractivity contribution in [3.05, 3.63) is 48.5 Å². The van der Waals surface area contributed by atoms with Crippen LogP contribution in [0, 0.1) is 0 Å². The number of hydrogen-bond donors (Lipinski definition) is 0. The summed E-state index contributed by atoms with van der Waals surface area (Å²) in [7, 11) is 0. The van der Waals surface area contributed by atoms with Crippen LogP contribution >= 0.6 is 11.3 Å². The summed E-state index contributed by atoms with van der Waals surface area (Å²) in [5.74, 6) is 0.866. The minimum atomic E-state index is 0.584. The molecule has 0 aliphatic heterocycles. The van der Waals surface area contributed by atoms with Crippen LogP contribution in [0.4, 0.5) is 0 Å². The van der Waals surface area contributed by atoms with Crippen LogP contribution < -0.4 is 4.74 Å². The van der Waals surface area contributed by atoms with Crippen LogP contribution in [0.25, 0.3) is 20.8 Å². The second-order valence-electron chi connectivity index (χ2n) is 4.97. The van der Waals surface area contributed by atoms with Gasteiger partial charge in [0.2, 0.25) is 0 Å². The molecule has 0 saturated carbocycles. The van der Waals surface area contributed by atoms with Crippen LogP contribution in [0.5, 0.6) is 5.75 Å². The Balaban J connectivity index is 1.63. The Kier molecular flexibility index (Phi) is 5.03. The minimum Gasteiger partial charge on any atom is -0.491 e. The molecule has 0 radical (unpaired) electrons. The highest BCUT2D eigenvalue weighted by atomic mass is 32.1. The normalized spacial score (nSPS) is 11.0. The lowest BCUT2D eigenvalue weighted by atomic mass is 10.2. The predicted octanol–water partition coefficient (Wildman–Crippen LogP) is 4.77. The first-order chi connectivity index (χ1) is 10.9. The van der Waals surface area contributed by atoms with Crippen molar-refractivity contribution >= 4 is 21.6 Å². The number of ether oxygens (including phenoxy) is 2. The van der Waals surface area contributed by atoms with Gasteiger partial charge in [-0.25, -0.2) is 4.98 Å². The number of aromatic nitrogens is 1. The molecule has 0 fully saturated rings. The first-order valence-corrected chi connectivity index (χ1v) is 8.35.